The molecule has 0 spiro atoms. The summed E-state index contributed by atoms with van der Waals surface area (Å²) >= 11 is 0. The summed E-state index contributed by atoms with van der Waals surface area (Å²) in [6.07, 6.45) is 1.81. The summed E-state index contributed by atoms with van der Waals surface area (Å²) in [5.74, 6) is -0.491. The monoisotopic (exact) mass is 312 g/mol. The quantitative estimate of drug-likeness (QED) is 0.810. The van der Waals surface area contributed by atoms with E-state index in [0.29, 0.717) is 17.9 Å². The molecule has 0 radical (unpaired) electrons. The summed E-state index contributed by atoms with van der Waals surface area (Å²) in [5.41, 5.74) is 4.53. The Labute approximate surface area is 126 Å². The largest absolute Gasteiger partial charge is 0.406 e. The van der Waals surface area contributed by atoms with Crippen LogP contribution in [0.1, 0.15) is 41.6 Å². The van der Waals surface area contributed by atoms with Gasteiger partial charge in [0.2, 0.25) is 5.88 Å². The lowest BCUT2D eigenvalue weighted by Crippen LogP contribution is -2.28. The summed E-state index contributed by atoms with van der Waals surface area (Å²) in [4.78, 5) is 23.5. The number of rotatable bonds is 7. The van der Waals surface area contributed by atoms with Gasteiger partial charge in [-0.15, -0.1) is 0 Å². The fourth-order valence-corrected chi connectivity index (χ4v) is 2.27. The number of anilines is 1. The molecule has 0 unspecified atom stereocenters. The summed E-state index contributed by atoms with van der Waals surface area (Å²) in [6.45, 7) is 3.08. The lowest BCUT2D eigenvalue weighted by Gasteiger charge is -2.12. The van der Waals surface area contributed by atoms with Crippen LogP contribution in [0.5, 0.6) is 0 Å². The zero-order valence-electron chi connectivity index (χ0n) is 12.0. The van der Waals surface area contributed by atoms with Gasteiger partial charge in [-0.25, -0.2) is 13.6 Å². The van der Waals surface area contributed by atoms with Gasteiger partial charge in [0, 0.05) is 6.07 Å². The Morgan fingerprint density at radius 2 is 2.18 bits per heavy atom. The van der Waals surface area contributed by atoms with Gasteiger partial charge in [0.05, 0.1) is 5.70 Å². The Hall–Kier alpha value is -2.18. The summed E-state index contributed by atoms with van der Waals surface area (Å²) < 4.78 is 29.6. The van der Waals surface area contributed by atoms with Crippen molar-refractivity contribution in [2.75, 3.05) is 5.73 Å². The third-order valence-electron chi connectivity index (χ3n) is 3.59. The van der Waals surface area contributed by atoms with Crippen molar-refractivity contribution in [2.24, 2.45) is 5.92 Å². The van der Waals surface area contributed by atoms with E-state index >= 15 is 0 Å². The molecule has 0 atom stereocenters. The topological polar surface area (TPSA) is 85.3 Å². The van der Waals surface area contributed by atoms with Crippen molar-refractivity contribution >= 4 is 11.8 Å². The van der Waals surface area contributed by atoms with Gasteiger partial charge in [-0.2, -0.15) is 0 Å². The fourth-order valence-electron chi connectivity index (χ4n) is 2.27. The van der Waals surface area contributed by atoms with Gasteiger partial charge in [0.25, 0.3) is 12.3 Å². The molecule has 0 aliphatic heterocycles. The minimum Gasteiger partial charge on any atom is -0.406 e. The minimum absolute atomic E-state index is 0.0720. The third kappa shape index (κ3) is 4.16. The smallest absolute Gasteiger partial charge is 0.337 e. The first-order valence-electron chi connectivity index (χ1n) is 7.09. The number of nitrogens with one attached hydrogen (secondary N) is 1. The molecule has 1 saturated carbocycles. The van der Waals surface area contributed by atoms with Gasteiger partial charge in [-0.3, -0.25) is 4.79 Å². The van der Waals surface area contributed by atoms with Crippen molar-refractivity contribution in [1.82, 2.24) is 5.32 Å². The average molecular weight is 312 g/mol. The molecule has 0 bridgehead atoms. The number of aryl methyl sites for hydroxylation is 1. The molecule has 1 aromatic heterocycles. The Morgan fingerprint density at radius 3 is 2.77 bits per heavy atom. The highest BCUT2D eigenvalue weighted by atomic mass is 19.3. The van der Waals surface area contributed by atoms with Gasteiger partial charge >= 0.3 is 5.63 Å². The van der Waals surface area contributed by atoms with Gasteiger partial charge in [0.1, 0.15) is 5.56 Å². The zero-order chi connectivity index (χ0) is 16.3. The van der Waals surface area contributed by atoms with E-state index in [1.165, 1.54) is 18.9 Å². The van der Waals surface area contributed by atoms with Crippen LogP contribution in [-0.4, -0.2) is 12.3 Å². The van der Waals surface area contributed by atoms with E-state index in [1.807, 2.05) is 5.32 Å². The summed E-state index contributed by atoms with van der Waals surface area (Å²) in [6, 6.07) is 1.18. The zero-order valence-corrected chi connectivity index (χ0v) is 12.0. The first kappa shape index (κ1) is 16.2. The number of allylic oxidation sites excluding steroid dienone is 1. The molecule has 7 heteroatoms. The number of carbonyl (C=O) groups is 1. The van der Waals surface area contributed by atoms with Crippen molar-refractivity contribution in [1.29, 1.82) is 0 Å². The predicted molar refractivity (Wildman–Crippen MR) is 77.7 cm³/mol. The summed E-state index contributed by atoms with van der Waals surface area (Å²) in [7, 11) is 0. The van der Waals surface area contributed by atoms with Gasteiger partial charge in [0.15, 0.2) is 0 Å². The maximum absolute atomic E-state index is 12.4. The predicted octanol–water partition coefficient (Wildman–Crippen LogP) is 2.46. The molecule has 1 fully saturated rings. The molecule has 1 aliphatic rings. The first-order chi connectivity index (χ1) is 10.4. The van der Waals surface area contributed by atoms with Crippen LogP contribution >= 0.6 is 0 Å². The first-order valence-corrected chi connectivity index (χ1v) is 7.09. The second-order valence-corrected chi connectivity index (χ2v) is 5.45. The molecule has 5 nitrogen and oxygen atoms in total. The SMILES string of the molecule is C=C(NC(=O)c1c(CCCC2CC2)cc(=O)oc1N)C(F)F. The van der Waals surface area contributed by atoms with E-state index in [2.05, 4.69) is 6.58 Å². The second-order valence-electron chi connectivity index (χ2n) is 5.45. The Bertz CT molecular complexity index is 636. The molecular weight excluding hydrogens is 294 g/mol. The number of alkyl halides is 2. The lowest BCUT2D eigenvalue weighted by atomic mass is 10.0. The van der Waals surface area contributed by atoms with Gasteiger partial charge in [-0.1, -0.05) is 25.8 Å². The maximum atomic E-state index is 12.4. The van der Waals surface area contributed by atoms with E-state index in [4.69, 9.17) is 10.2 Å². The van der Waals surface area contributed by atoms with Crippen LogP contribution in [0.25, 0.3) is 0 Å². The minimum atomic E-state index is -2.88. The Morgan fingerprint density at radius 1 is 1.50 bits per heavy atom. The normalized spacial score (nSPS) is 14.1. The molecule has 120 valence electrons. The van der Waals surface area contributed by atoms with Crippen LogP contribution in [-0.2, 0) is 6.42 Å². The number of amides is 1. The number of hydrogen-bond acceptors (Lipinski definition) is 4. The van der Waals surface area contributed by atoms with Crippen LogP contribution < -0.4 is 16.7 Å². The molecule has 0 aromatic carbocycles. The van der Waals surface area contributed by atoms with Crippen molar-refractivity contribution < 1.29 is 18.0 Å². The van der Waals surface area contributed by atoms with Crippen LogP contribution in [0.3, 0.4) is 0 Å². The van der Waals surface area contributed by atoms with Crippen LogP contribution in [0.15, 0.2) is 27.6 Å². The molecule has 1 aliphatic carbocycles. The van der Waals surface area contributed by atoms with Crippen molar-refractivity contribution in [3.05, 3.63) is 39.9 Å². The number of nitrogens with two attached hydrogens (primary N) is 1. The number of nitrogen functional groups attached to an aromatic ring is 1. The average Bonchev–Trinajstić information content (AvgIpc) is 3.21. The van der Waals surface area contributed by atoms with Gasteiger partial charge in [-0.05, 0) is 24.3 Å². The third-order valence-corrected chi connectivity index (χ3v) is 3.59. The summed E-state index contributed by atoms with van der Waals surface area (Å²) in [5, 5.41) is 1.98. The van der Waals surface area contributed by atoms with E-state index in [1.54, 1.807) is 0 Å². The number of halogens is 2. The van der Waals surface area contributed by atoms with Gasteiger partial charge < -0.3 is 15.5 Å². The van der Waals surface area contributed by atoms with Crippen LogP contribution in [0.2, 0.25) is 0 Å². The molecule has 22 heavy (non-hydrogen) atoms. The molecule has 1 heterocycles. The van der Waals surface area contributed by atoms with Crippen LogP contribution in [0, 0.1) is 5.92 Å². The highest BCUT2D eigenvalue weighted by molar-refractivity contribution is 6.00. The highest BCUT2D eigenvalue weighted by Gasteiger charge is 2.23. The molecule has 0 saturated heterocycles. The van der Waals surface area contributed by atoms with E-state index in [9.17, 15) is 18.4 Å². The van der Waals surface area contributed by atoms with Crippen molar-refractivity contribution in [3.63, 3.8) is 0 Å². The number of hydrogen-bond donors (Lipinski definition) is 2. The Kier molecular flexibility index (Phi) is 4.95. The molecule has 1 aromatic rings. The van der Waals surface area contributed by atoms with Crippen molar-refractivity contribution in [3.8, 4) is 0 Å². The molecular formula is C15H18F2N2O3. The number of carbonyl (C=O) groups excluding carboxylic acids is 1. The van der Waals surface area contributed by atoms with Crippen LogP contribution in [0.4, 0.5) is 14.7 Å². The Balaban J connectivity index is 2.17. The molecule has 2 rings (SSSR count). The van der Waals surface area contributed by atoms with E-state index in [-0.39, 0.29) is 11.4 Å². The van der Waals surface area contributed by atoms with E-state index in [0.717, 1.165) is 12.8 Å². The second kappa shape index (κ2) is 6.72. The van der Waals surface area contributed by atoms with E-state index < -0.39 is 23.7 Å². The fraction of sp³-hybridized carbons (Fsp3) is 0.467. The molecule has 1 amide bonds. The maximum Gasteiger partial charge on any atom is 0.337 e. The molecule has 3 N–H and O–H groups in total. The standard InChI is InChI=1S/C15H18F2N2O3/c1-8(13(16)17)19-15(21)12-10(4-2-3-9-5-6-9)7-11(20)22-14(12)18/h7,9,13H,1-6,18H2,(H,19,21). The highest BCUT2D eigenvalue weighted by Crippen LogP contribution is 2.34. The van der Waals surface area contributed by atoms with Crippen molar-refractivity contribution in [2.45, 2.75) is 38.5 Å². The lowest BCUT2D eigenvalue weighted by molar-refractivity contribution is 0.0937.